The summed E-state index contributed by atoms with van der Waals surface area (Å²) in [5, 5.41) is 1.08. The van der Waals surface area contributed by atoms with Crippen LogP contribution in [0, 0.1) is 0 Å². The Hall–Kier alpha value is -0.430. The van der Waals surface area contributed by atoms with Crippen LogP contribution < -0.4 is 10.6 Å². The summed E-state index contributed by atoms with van der Waals surface area (Å²) in [6.45, 7) is 8.20. The summed E-state index contributed by atoms with van der Waals surface area (Å²) in [6.07, 6.45) is 2.10. The van der Waals surface area contributed by atoms with E-state index in [4.69, 9.17) is 5.73 Å². The van der Waals surface area contributed by atoms with Crippen molar-refractivity contribution in [1.29, 1.82) is 0 Å². The highest BCUT2D eigenvalue weighted by Gasteiger charge is 2.17. The standard InChI is InChI=1S/C11H21N5S.ClH/c1-2-10-13-11(17-14-10)16-6-3-5-15(7-4-12)8-9-16;/h2-9,12H2,1H3;1H. The Morgan fingerprint density at radius 2 is 2.11 bits per heavy atom. The highest BCUT2D eigenvalue weighted by atomic mass is 35.5. The monoisotopic (exact) mass is 291 g/mol. The van der Waals surface area contributed by atoms with Crippen LogP contribution in [0.4, 0.5) is 5.13 Å². The predicted octanol–water partition coefficient (Wildman–Crippen LogP) is 0.993. The molecule has 0 atom stereocenters. The molecule has 2 rings (SSSR count). The number of hydrogen-bond acceptors (Lipinski definition) is 6. The van der Waals surface area contributed by atoms with E-state index in [2.05, 4.69) is 26.1 Å². The fourth-order valence-corrected chi connectivity index (χ4v) is 2.89. The summed E-state index contributed by atoms with van der Waals surface area (Å²) in [7, 11) is 0. The van der Waals surface area contributed by atoms with Gasteiger partial charge in [-0.2, -0.15) is 4.37 Å². The predicted molar refractivity (Wildman–Crippen MR) is 78.9 cm³/mol. The lowest BCUT2D eigenvalue weighted by atomic mass is 10.4. The molecular formula is C11H22ClN5S. The molecule has 104 valence electrons. The summed E-state index contributed by atoms with van der Waals surface area (Å²) in [6, 6.07) is 0. The smallest absolute Gasteiger partial charge is 0.205 e. The van der Waals surface area contributed by atoms with E-state index < -0.39 is 0 Å². The highest BCUT2D eigenvalue weighted by molar-refractivity contribution is 7.09. The van der Waals surface area contributed by atoms with E-state index in [1.807, 2.05) is 0 Å². The molecule has 0 amide bonds. The zero-order chi connectivity index (χ0) is 12.1. The fourth-order valence-electron chi connectivity index (χ4n) is 2.09. The van der Waals surface area contributed by atoms with Crippen LogP contribution in [0.1, 0.15) is 19.2 Å². The van der Waals surface area contributed by atoms with Crippen LogP contribution in [-0.2, 0) is 6.42 Å². The summed E-state index contributed by atoms with van der Waals surface area (Å²) in [5.74, 6) is 0.966. The quantitative estimate of drug-likeness (QED) is 0.897. The van der Waals surface area contributed by atoms with Crippen molar-refractivity contribution in [3.8, 4) is 0 Å². The van der Waals surface area contributed by atoms with E-state index in [1.165, 1.54) is 18.0 Å². The summed E-state index contributed by atoms with van der Waals surface area (Å²) in [5.41, 5.74) is 5.60. The molecule has 1 fully saturated rings. The Labute approximate surface area is 119 Å². The van der Waals surface area contributed by atoms with Crippen LogP contribution in [0.5, 0.6) is 0 Å². The molecule has 0 unspecified atom stereocenters. The Kier molecular flexibility index (Phi) is 6.85. The minimum atomic E-state index is 0. The first-order valence-corrected chi connectivity index (χ1v) is 7.10. The van der Waals surface area contributed by atoms with Gasteiger partial charge in [-0.3, -0.25) is 0 Å². The van der Waals surface area contributed by atoms with Gasteiger partial charge in [0.1, 0.15) is 5.82 Å². The summed E-state index contributed by atoms with van der Waals surface area (Å²) >= 11 is 1.53. The largest absolute Gasteiger partial charge is 0.346 e. The number of aryl methyl sites for hydroxylation is 1. The van der Waals surface area contributed by atoms with E-state index >= 15 is 0 Å². The third-order valence-electron chi connectivity index (χ3n) is 3.08. The Morgan fingerprint density at radius 3 is 2.78 bits per heavy atom. The lowest BCUT2D eigenvalue weighted by Crippen LogP contribution is -2.33. The molecule has 0 radical (unpaired) electrons. The van der Waals surface area contributed by atoms with Gasteiger partial charge in [0.05, 0.1) is 0 Å². The molecule has 0 saturated carbocycles. The minimum absolute atomic E-state index is 0. The van der Waals surface area contributed by atoms with Gasteiger partial charge in [0.15, 0.2) is 0 Å². The number of aromatic nitrogens is 2. The van der Waals surface area contributed by atoms with Gasteiger partial charge in [-0.1, -0.05) is 6.92 Å². The van der Waals surface area contributed by atoms with Gasteiger partial charge < -0.3 is 15.5 Å². The first-order chi connectivity index (χ1) is 8.33. The molecule has 18 heavy (non-hydrogen) atoms. The number of hydrogen-bond donors (Lipinski definition) is 1. The summed E-state index contributed by atoms with van der Waals surface area (Å²) in [4.78, 5) is 9.34. The topological polar surface area (TPSA) is 58.3 Å². The second-order valence-corrected chi connectivity index (χ2v) is 5.05. The molecule has 2 N–H and O–H groups in total. The lowest BCUT2D eigenvalue weighted by molar-refractivity contribution is 0.302. The first-order valence-electron chi connectivity index (χ1n) is 6.33. The normalized spacial score (nSPS) is 17.3. The van der Waals surface area contributed by atoms with Crippen molar-refractivity contribution >= 4 is 29.1 Å². The van der Waals surface area contributed by atoms with E-state index in [9.17, 15) is 0 Å². The van der Waals surface area contributed by atoms with Gasteiger partial charge in [-0.25, -0.2) is 4.98 Å². The number of nitrogens with zero attached hydrogens (tertiary/aromatic N) is 4. The van der Waals surface area contributed by atoms with Crippen LogP contribution in [0.15, 0.2) is 0 Å². The zero-order valence-electron chi connectivity index (χ0n) is 10.8. The van der Waals surface area contributed by atoms with Gasteiger partial charge in [-0.15, -0.1) is 12.4 Å². The van der Waals surface area contributed by atoms with Gasteiger partial charge >= 0.3 is 0 Å². The zero-order valence-corrected chi connectivity index (χ0v) is 12.5. The van der Waals surface area contributed by atoms with Crippen molar-refractivity contribution in [2.45, 2.75) is 19.8 Å². The molecule has 1 aliphatic rings. The average molecular weight is 292 g/mol. The maximum Gasteiger partial charge on any atom is 0.205 e. The van der Waals surface area contributed by atoms with Crippen molar-refractivity contribution in [3.63, 3.8) is 0 Å². The second kappa shape index (κ2) is 7.89. The molecule has 1 aromatic rings. The maximum atomic E-state index is 5.60. The van der Waals surface area contributed by atoms with Crippen LogP contribution in [0.3, 0.4) is 0 Å². The minimum Gasteiger partial charge on any atom is -0.346 e. The van der Waals surface area contributed by atoms with Crippen molar-refractivity contribution in [1.82, 2.24) is 14.3 Å². The third kappa shape index (κ3) is 4.05. The molecule has 1 aliphatic heterocycles. The number of nitrogens with two attached hydrogens (primary N) is 1. The number of anilines is 1. The van der Waals surface area contributed by atoms with Crippen LogP contribution >= 0.6 is 23.9 Å². The number of halogens is 1. The van der Waals surface area contributed by atoms with Gasteiger partial charge in [-0.05, 0) is 13.0 Å². The van der Waals surface area contributed by atoms with Crippen molar-refractivity contribution in [2.75, 3.05) is 44.2 Å². The molecule has 0 spiro atoms. The number of rotatable bonds is 4. The fraction of sp³-hybridized carbons (Fsp3) is 0.818. The molecule has 5 nitrogen and oxygen atoms in total. The van der Waals surface area contributed by atoms with Gasteiger partial charge in [0.25, 0.3) is 0 Å². The Morgan fingerprint density at radius 1 is 1.28 bits per heavy atom. The van der Waals surface area contributed by atoms with E-state index in [1.54, 1.807) is 0 Å². The molecular weight excluding hydrogens is 270 g/mol. The molecule has 2 heterocycles. The Bertz CT molecular complexity index is 346. The van der Waals surface area contributed by atoms with E-state index in [-0.39, 0.29) is 12.4 Å². The third-order valence-corrected chi connectivity index (χ3v) is 3.89. The average Bonchev–Trinajstić information content (AvgIpc) is 2.70. The van der Waals surface area contributed by atoms with Crippen molar-refractivity contribution in [2.24, 2.45) is 5.73 Å². The van der Waals surface area contributed by atoms with Crippen LogP contribution in [0.2, 0.25) is 0 Å². The van der Waals surface area contributed by atoms with Crippen LogP contribution in [-0.4, -0.2) is 53.5 Å². The van der Waals surface area contributed by atoms with Crippen LogP contribution in [0.25, 0.3) is 0 Å². The molecule has 1 saturated heterocycles. The van der Waals surface area contributed by atoms with Crippen molar-refractivity contribution in [3.05, 3.63) is 5.82 Å². The maximum absolute atomic E-state index is 5.60. The molecule has 0 aliphatic carbocycles. The molecule has 7 heteroatoms. The molecule has 0 bridgehead atoms. The molecule has 1 aromatic heterocycles. The Balaban J connectivity index is 0.00000162. The second-order valence-electron chi connectivity index (χ2n) is 4.32. The SMILES string of the molecule is CCc1nsc(N2CCCN(CCN)CC2)n1.Cl. The van der Waals surface area contributed by atoms with Gasteiger partial charge in [0.2, 0.25) is 5.13 Å². The van der Waals surface area contributed by atoms with E-state index in [0.717, 1.165) is 56.6 Å². The highest BCUT2D eigenvalue weighted by Crippen LogP contribution is 2.19. The first kappa shape index (κ1) is 15.6. The van der Waals surface area contributed by atoms with Gasteiger partial charge in [0, 0.05) is 50.7 Å². The molecule has 0 aromatic carbocycles. The van der Waals surface area contributed by atoms with E-state index in [0.29, 0.717) is 0 Å². The summed E-state index contributed by atoms with van der Waals surface area (Å²) < 4.78 is 4.35. The van der Waals surface area contributed by atoms with Crippen molar-refractivity contribution < 1.29 is 0 Å². The lowest BCUT2D eigenvalue weighted by Gasteiger charge is -2.20.